The van der Waals surface area contributed by atoms with Gasteiger partial charge < -0.3 is 9.30 Å². The molecule has 7 rings (SSSR count). The Bertz CT molecular complexity index is 2360. The zero-order chi connectivity index (χ0) is 35.3. The molecule has 4 aromatic carbocycles. The number of hydrogen-bond donors (Lipinski definition) is 0. The molecule has 0 aliphatic carbocycles. The number of benzene rings is 4. The van der Waals surface area contributed by atoms with Crippen LogP contribution in [-0.2, 0) is 33.9 Å². The number of ether oxygens (including phenoxy) is 1. The maximum absolute atomic E-state index is 6.68. The SMILES string of the molecule is CCc1ccnc(-n2c3[c-]c(Oc4[c-]c(-n5nc(C)c(-c6c(C)cc(C)cc6C)c5CC(C)C)cc(C(C)C)c4)ccc3c3ccccc32)c1.[Pt+2]. The van der Waals surface area contributed by atoms with Crippen molar-refractivity contribution in [1.29, 1.82) is 0 Å². The molecule has 0 spiro atoms. The topological polar surface area (TPSA) is 44.9 Å². The molecule has 0 saturated heterocycles. The smallest absolute Gasteiger partial charge is 0.509 e. The van der Waals surface area contributed by atoms with Gasteiger partial charge in [-0.15, -0.1) is 41.3 Å². The van der Waals surface area contributed by atoms with E-state index in [0.717, 1.165) is 57.4 Å². The number of pyridine rings is 1. The first-order valence-electron chi connectivity index (χ1n) is 17.8. The Kier molecular flexibility index (Phi) is 10.4. The van der Waals surface area contributed by atoms with E-state index in [0.29, 0.717) is 17.4 Å². The Morgan fingerprint density at radius 2 is 1.53 bits per heavy atom. The summed E-state index contributed by atoms with van der Waals surface area (Å²) in [6.45, 7) is 19.9. The summed E-state index contributed by atoms with van der Waals surface area (Å²) in [7, 11) is 0. The van der Waals surface area contributed by atoms with E-state index in [9.17, 15) is 0 Å². The minimum Gasteiger partial charge on any atom is -0.509 e. The standard InChI is InChI=1S/C45H46N4O.Pt/c1-10-33-17-18-46-43(22-33)48-40-14-12-11-13-38(40)39-16-15-36(26-41(39)48)50-37-24-34(28(4)5)23-35(25-37)49-42(19-27(2)3)45(32(9)47-49)44-30(7)20-29(6)21-31(44)8;/h11-18,20-24,27-28H,10,19H2,1-9H3;/q-2;+2. The predicted molar refractivity (Wildman–Crippen MR) is 206 cm³/mol. The van der Waals surface area contributed by atoms with Crippen molar-refractivity contribution in [2.75, 3.05) is 0 Å². The van der Waals surface area contributed by atoms with Crippen LogP contribution in [0.3, 0.4) is 0 Å². The van der Waals surface area contributed by atoms with Gasteiger partial charge in [0.25, 0.3) is 0 Å². The van der Waals surface area contributed by atoms with Crippen LogP contribution in [0.15, 0.2) is 79.0 Å². The molecule has 0 aliphatic heterocycles. The van der Waals surface area contributed by atoms with E-state index >= 15 is 0 Å². The van der Waals surface area contributed by atoms with Gasteiger partial charge in [-0.25, -0.2) is 4.98 Å². The van der Waals surface area contributed by atoms with Gasteiger partial charge in [0.1, 0.15) is 5.82 Å². The molecule has 0 amide bonds. The molecule has 6 heteroatoms. The van der Waals surface area contributed by atoms with Crippen LogP contribution in [0.4, 0.5) is 0 Å². The van der Waals surface area contributed by atoms with Crippen molar-refractivity contribution in [3.63, 3.8) is 0 Å². The fraction of sp³-hybridized carbons (Fsp3) is 0.289. The molecule has 0 bridgehead atoms. The van der Waals surface area contributed by atoms with E-state index in [1.54, 1.807) is 0 Å². The fourth-order valence-electron chi connectivity index (χ4n) is 7.39. The summed E-state index contributed by atoms with van der Waals surface area (Å²) in [5, 5.41) is 7.47. The molecule has 3 heterocycles. The number of aryl methyl sites for hydroxylation is 5. The first kappa shape index (κ1) is 36.3. The number of rotatable bonds is 9. The van der Waals surface area contributed by atoms with Gasteiger partial charge in [0, 0.05) is 28.8 Å². The van der Waals surface area contributed by atoms with Crippen LogP contribution in [0, 0.1) is 45.7 Å². The molecule has 0 N–H and O–H groups in total. The van der Waals surface area contributed by atoms with Gasteiger partial charge in [0.05, 0.1) is 11.4 Å². The number of nitrogens with zero attached hydrogens (tertiary/aromatic N) is 4. The van der Waals surface area contributed by atoms with Crippen LogP contribution in [-0.4, -0.2) is 19.3 Å². The molecule has 51 heavy (non-hydrogen) atoms. The van der Waals surface area contributed by atoms with E-state index in [4.69, 9.17) is 14.8 Å². The summed E-state index contributed by atoms with van der Waals surface area (Å²) >= 11 is 0. The van der Waals surface area contributed by atoms with Gasteiger partial charge in [-0.3, -0.25) is 4.68 Å². The molecule has 5 nitrogen and oxygen atoms in total. The van der Waals surface area contributed by atoms with Crippen LogP contribution in [0.2, 0.25) is 0 Å². The van der Waals surface area contributed by atoms with Crippen LogP contribution in [0.5, 0.6) is 11.5 Å². The Hall–Kier alpha value is -4.47. The third-order valence-electron chi connectivity index (χ3n) is 9.66. The normalized spacial score (nSPS) is 11.6. The minimum absolute atomic E-state index is 0. The number of aromatic nitrogens is 4. The second-order valence-corrected chi connectivity index (χ2v) is 14.4. The Morgan fingerprint density at radius 1 is 0.784 bits per heavy atom. The Morgan fingerprint density at radius 3 is 2.24 bits per heavy atom. The molecule has 0 atom stereocenters. The summed E-state index contributed by atoms with van der Waals surface area (Å²) < 4.78 is 11.0. The van der Waals surface area contributed by atoms with Gasteiger partial charge in [-0.05, 0) is 104 Å². The molecule has 0 unspecified atom stereocenters. The van der Waals surface area contributed by atoms with Crippen molar-refractivity contribution in [2.45, 2.75) is 81.1 Å². The second kappa shape index (κ2) is 14.6. The average Bonchev–Trinajstić information content (AvgIpc) is 3.57. The van der Waals surface area contributed by atoms with Crippen LogP contribution >= 0.6 is 0 Å². The first-order chi connectivity index (χ1) is 24.0. The van der Waals surface area contributed by atoms with Gasteiger partial charge in [0.2, 0.25) is 0 Å². The third-order valence-corrected chi connectivity index (χ3v) is 9.66. The first-order valence-corrected chi connectivity index (χ1v) is 17.8. The fourth-order valence-corrected chi connectivity index (χ4v) is 7.39. The molecule has 0 fully saturated rings. The quantitative estimate of drug-likeness (QED) is 0.136. The number of hydrogen-bond acceptors (Lipinski definition) is 3. The minimum atomic E-state index is 0. The van der Waals surface area contributed by atoms with Crippen molar-refractivity contribution in [1.82, 2.24) is 19.3 Å². The monoisotopic (exact) mass is 853 g/mol. The van der Waals surface area contributed by atoms with Crippen LogP contribution in [0.1, 0.15) is 79.7 Å². The molecule has 3 aromatic heterocycles. The van der Waals surface area contributed by atoms with E-state index < -0.39 is 0 Å². The van der Waals surface area contributed by atoms with Crippen LogP contribution in [0.25, 0.3) is 44.4 Å². The van der Waals surface area contributed by atoms with Crippen molar-refractivity contribution in [2.24, 2.45) is 5.92 Å². The zero-order valence-corrected chi connectivity index (χ0v) is 33.4. The van der Waals surface area contributed by atoms with E-state index in [2.05, 4.69) is 150 Å². The molecular formula is C45H46N4OPt. The summed E-state index contributed by atoms with van der Waals surface area (Å²) in [4.78, 5) is 4.78. The van der Waals surface area contributed by atoms with Gasteiger partial charge in [0.15, 0.2) is 0 Å². The van der Waals surface area contributed by atoms with Gasteiger partial charge in [-0.1, -0.05) is 76.0 Å². The molecule has 7 aromatic rings. The molecule has 0 aliphatic rings. The molecule has 0 radical (unpaired) electrons. The largest absolute Gasteiger partial charge is 2.00 e. The van der Waals surface area contributed by atoms with E-state index in [1.165, 1.54) is 39.1 Å². The number of para-hydroxylation sites is 1. The van der Waals surface area contributed by atoms with E-state index in [-0.39, 0.29) is 27.0 Å². The maximum Gasteiger partial charge on any atom is 2.00 e. The summed E-state index contributed by atoms with van der Waals surface area (Å²) in [6.07, 6.45) is 3.72. The van der Waals surface area contributed by atoms with Gasteiger partial charge >= 0.3 is 21.1 Å². The number of fused-ring (bicyclic) bond motifs is 3. The van der Waals surface area contributed by atoms with Crippen molar-refractivity contribution in [3.8, 4) is 34.1 Å². The van der Waals surface area contributed by atoms with Crippen molar-refractivity contribution >= 4 is 21.8 Å². The van der Waals surface area contributed by atoms with Gasteiger partial charge in [-0.2, -0.15) is 11.2 Å². The maximum atomic E-state index is 6.68. The summed E-state index contributed by atoms with van der Waals surface area (Å²) in [5.74, 6) is 2.87. The van der Waals surface area contributed by atoms with E-state index in [1.807, 2.05) is 12.3 Å². The average molecular weight is 854 g/mol. The summed E-state index contributed by atoms with van der Waals surface area (Å²) in [5.41, 5.74) is 13.9. The zero-order valence-electron chi connectivity index (χ0n) is 31.1. The van der Waals surface area contributed by atoms with Crippen molar-refractivity contribution < 1.29 is 25.8 Å². The summed E-state index contributed by atoms with van der Waals surface area (Å²) in [6, 6.07) is 32.9. The second-order valence-electron chi connectivity index (χ2n) is 14.4. The Balaban J connectivity index is 0.00000448. The van der Waals surface area contributed by atoms with Crippen LogP contribution < -0.4 is 4.74 Å². The predicted octanol–water partition coefficient (Wildman–Crippen LogP) is 11.5. The molecular weight excluding hydrogens is 808 g/mol. The molecule has 0 saturated carbocycles. The third kappa shape index (κ3) is 6.94. The van der Waals surface area contributed by atoms with Crippen molar-refractivity contribution in [3.05, 3.63) is 130 Å². The molecule has 262 valence electrons. The Labute approximate surface area is 317 Å².